The van der Waals surface area contributed by atoms with E-state index < -0.39 is 6.10 Å². The molecule has 0 spiro atoms. The van der Waals surface area contributed by atoms with Crippen molar-refractivity contribution in [3.63, 3.8) is 0 Å². The highest BCUT2D eigenvalue weighted by molar-refractivity contribution is 6.35. The third-order valence-electron chi connectivity index (χ3n) is 2.81. The van der Waals surface area contributed by atoms with Gasteiger partial charge in [-0.05, 0) is 38.1 Å². The molecular formula is C14H16Cl2N2O2. The van der Waals surface area contributed by atoms with Crippen LogP contribution in [0, 0.1) is 13.8 Å². The van der Waals surface area contributed by atoms with Crippen LogP contribution in [-0.2, 0) is 6.54 Å². The maximum atomic E-state index is 9.99. The monoisotopic (exact) mass is 314 g/mol. The third kappa shape index (κ3) is 3.88. The van der Waals surface area contributed by atoms with E-state index in [0.29, 0.717) is 22.3 Å². The van der Waals surface area contributed by atoms with Crippen molar-refractivity contribution in [3.05, 3.63) is 45.7 Å². The smallest absolute Gasteiger partial charge is 0.138 e. The zero-order chi connectivity index (χ0) is 14.7. The van der Waals surface area contributed by atoms with Gasteiger partial charge in [0.25, 0.3) is 0 Å². The normalized spacial score (nSPS) is 12.4. The Hall–Kier alpha value is -1.23. The summed E-state index contributed by atoms with van der Waals surface area (Å²) in [6.45, 7) is 4.38. The predicted octanol–water partition coefficient (Wildman–Crippen LogP) is 3.25. The van der Waals surface area contributed by atoms with Crippen molar-refractivity contribution in [3.8, 4) is 5.75 Å². The second kappa shape index (κ2) is 6.48. The first-order valence-electron chi connectivity index (χ1n) is 6.22. The Morgan fingerprint density at radius 2 is 2.05 bits per heavy atom. The van der Waals surface area contributed by atoms with E-state index in [2.05, 4.69) is 5.10 Å². The van der Waals surface area contributed by atoms with Gasteiger partial charge in [-0.15, -0.1) is 0 Å². The van der Waals surface area contributed by atoms with Gasteiger partial charge >= 0.3 is 0 Å². The van der Waals surface area contributed by atoms with Gasteiger partial charge in [-0.1, -0.05) is 23.2 Å². The summed E-state index contributed by atoms with van der Waals surface area (Å²) in [5, 5.41) is 15.3. The molecule has 1 atom stereocenters. The summed E-state index contributed by atoms with van der Waals surface area (Å²) in [6, 6.07) is 6.94. The predicted molar refractivity (Wildman–Crippen MR) is 79.7 cm³/mol. The van der Waals surface area contributed by atoms with Crippen LogP contribution < -0.4 is 4.74 Å². The van der Waals surface area contributed by atoms with E-state index in [9.17, 15) is 5.11 Å². The van der Waals surface area contributed by atoms with Crippen LogP contribution in [0.3, 0.4) is 0 Å². The molecule has 2 aromatic rings. The molecule has 2 rings (SSSR count). The molecule has 1 N–H and O–H groups in total. The van der Waals surface area contributed by atoms with Crippen LogP contribution in [0.5, 0.6) is 5.75 Å². The molecule has 20 heavy (non-hydrogen) atoms. The van der Waals surface area contributed by atoms with Crippen LogP contribution in [0.2, 0.25) is 10.0 Å². The molecule has 0 amide bonds. The molecule has 1 heterocycles. The Morgan fingerprint density at radius 1 is 1.30 bits per heavy atom. The summed E-state index contributed by atoms with van der Waals surface area (Å²) in [7, 11) is 0. The van der Waals surface area contributed by atoms with E-state index in [4.69, 9.17) is 27.9 Å². The number of hydrogen-bond acceptors (Lipinski definition) is 3. The molecule has 0 radical (unpaired) electrons. The van der Waals surface area contributed by atoms with E-state index >= 15 is 0 Å². The lowest BCUT2D eigenvalue weighted by Gasteiger charge is -2.14. The van der Waals surface area contributed by atoms with Gasteiger partial charge in [0.2, 0.25) is 0 Å². The highest BCUT2D eigenvalue weighted by Gasteiger charge is 2.11. The number of benzene rings is 1. The largest absolute Gasteiger partial charge is 0.489 e. The molecular weight excluding hydrogens is 299 g/mol. The number of rotatable bonds is 5. The molecule has 0 fully saturated rings. The SMILES string of the molecule is Cc1cc(C)n(C[C@H](O)COc2ccc(Cl)cc2Cl)n1. The maximum absolute atomic E-state index is 9.99. The highest BCUT2D eigenvalue weighted by atomic mass is 35.5. The average molecular weight is 315 g/mol. The summed E-state index contributed by atoms with van der Waals surface area (Å²) in [4.78, 5) is 0. The van der Waals surface area contributed by atoms with Crippen LogP contribution in [0.15, 0.2) is 24.3 Å². The lowest BCUT2D eigenvalue weighted by Crippen LogP contribution is -2.24. The van der Waals surface area contributed by atoms with Gasteiger partial charge in [0.15, 0.2) is 0 Å². The van der Waals surface area contributed by atoms with Gasteiger partial charge in [-0.25, -0.2) is 0 Å². The molecule has 0 bridgehead atoms. The Balaban J connectivity index is 1.92. The second-order valence-electron chi connectivity index (χ2n) is 4.65. The topological polar surface area (TPSA) is 47.3 Å². The first kappa shape index (κ1) is 15.2. The summed E-state index contributed by atoms with van der Waals surface area (Å²) >= 11 is 11.8. The minimum atomic E-state index is -0.667. The zero-order valence-electron chi connectivity index (χ0n) is 11.3. The van der Waals surface area contributed by atoms with Crippen LogP contribution in [0.25, 0.3) is 0 Å². The van der Waals surface area contributed by atoms with Gasteiger partial charge in [0, 0.05) is 10.7 Å². The summed E-state index contributed by atoms with van der Waals surface area (Å²) in [5.41, 5.74) is 1.93. The number of halogens is 2. The van der Waals surface area contributed by atoms with Crippen molar-refractivity contribution in [2.45, 2.75) is 26.5 Å². The minimum absolute atomic E-state index is 0.139. The molecule has 6 heteroatoms. The number of ether oxygens (including phenoxy) is 1. The number of aromatic nitrogens is 2. The molecule has 0 aliphatic carbocycles. The quantitative estimate of drug-likeness (QED) is 0.921. The molecule has 0 aliphatic rings. The number of aliphatic hydroxyl groups is 1. The van der Waals surface area contributed by atoms with E-state index in [1.54, 1.807) is 22.9 Å². The number of nitrogens with zero attached hydrogens (tertiary/aromatic N) is 2. The van der Waals surface area contributed by atoms with Gasteiger partial charge in [0.1, 0.15) is 18.5 Å². The van der Waals surface area contributed by atoms with Crippen molar-refractivity contribution < 1.29 is 9.84 Å². The minimum Gasteiger partial charge on any atom is -0.489 e. The average Bonchev–Trinajstić information content (AvgIpc) is 2.66. The standard InChI is InChI=1S/C14H16Cl2N2O2/c1-9-5-10(2)18(17-9)7-12(19)8-20-14-4-3-11(15)6-13(14)16/h3-6,12,19H,7-8H2,1-2H3/t12-/m0/s1. The van der Waals surface area contributed by atoms with Crippen molar-refractivity contribution in [2.24, 2.45) is 0 Å². The van der Waals surface area contributed by atoms with Crippen LogP contribution in [-0.4, -0.2) is 27.6 Å². The van der Waals surface area contributed by atoms with E-state index in [1.807, 2.05) is 19.9 Å². The van der Waals surface area contributed by atoms with Crippen LogP contribution in [0.4, 0.5) is 0 Å². The summed E-state index contributed by atoms with van der Waals surface area (Å²) in [5.74, 6) is 0.503. The van der Waals surface area contributed by atoms with E-state index in [0.717, 1.165) is 11.4 Å². The third-order valence-corrected chi connectivity index (χ3v) is 3.34. The first-order chi connectivity index (χ1) is 9.45. The molecule has 4 nitrogen and oxygen atoms in total. The molecule has 1 aromatic heterocycles. The second-order valence-corrected chi connectivity index (χ2v) is 5.49. The first-order valence-corrected chi connectivity index (χ1v) is 6.98. The molecule has 1 aromatic carbocycles. The van der Waals surface area contributed by atoms with Crippen LogP contribution in [0.1, 0.15) is 11.4 Å². The Labute approximate surface area is 127 Å². The lowest BCUT2D eigenvalue weighted by molar-refractivity contribution is 0.0887. The Kier molecular flexibility index (Phi) is 4.91. The fourth-order valence-electron chi connectivity index (χ4n) is 1.89. The van der Waals surface area contributed by atoms with E-state index in [1.165, 1.54) is 0 Å². The van der Waals surface area contributed by atoms with Gasteiger partial charge < -0.3 is 9.84 Å². The number of hydrogen-bond donors (Lipinski definition) is 1. The van der Waals surface area contributed by atoms with Crippen molar-refractivity contribution in [1.82, 2.24) is 9.78 Å². The van der Waals surface area contributed by atoms with Gasteiger partial charge in [-0.2, -0.15) is 5.10 Å². The Morgan fingerprint density at radius 3 is 2.65 bits per heavy atom. The number of aliphatic hydroxyl groups excluding tert-OH is 1. The van der Waals surface area contributed by atoms with Gasteiger partial charge in [-0.3, -0.25) is 4.68 Å². The molecule has 108 valence electrons. The molecule has 0 aliphatic heterocycles. The molecule has 0 unspecified atom stereocenters. The van der Waals surface area contributed by atoms with Crippen molar-refractivity contribution in [1.29, 1.82) is 0 Å². The fraction of sp³-hybridized carbons (Fsp3) is 0.357. The lowest BCUT2D eigenvalue weighted by atomic mass is 10.3. The fourth-order valence-corrected chi connectivity index (χ4v) is 2.35. The maximum Gasteiger partial charge on any atom is 0.138 e. The van der Waals surface area contributed by atoms with E-state index in [-0.39, 0.29) is 6.61 Å². The zero-order valence-corrected chi connectivity index (χ0v) is 12.8. The molecule has 0 saturated carbocycles. The van der Waals surface area contributed by atoms with Crippen molar-refractivity contribution in [2.75, 3.05) is 6.61 Å². The molecule has 0 saturated heterocycles. The Bertz CT molecular complexity index is 599. The summed E-state index contributed by atoms with van der Waals surface area (Å²) in [6.07, 6.45) is -0.667. The van der Waals surface area contributed by atoms with Crippen LogP contribution >= 0.6 is 23.2 Å². The van der Waals surface area contributed by atoms with Gasteiger partial charge in [0.05, 0.1) is 17.3 Å². The summed E-state index contributed by atoms with van der Waals surface area (Å²) < 4.78 is 7.25. The highest BCUT2D eigenvalue weighted by Crippen LogP contribution is 2.27. The number of aryl methyl sites for hydroxylation is 2. The van der Waals surface area contributed by atoms with Crippen molar-refractivity contribution >= 4 is 23.2 Å².